The first kappa shape index (κ1) is 12.4. The minimum atomic E-state index is 0.382. The van der Waals surface area contributed by atoms with Crippen LogP contribution in [-0.2, 0) is 6.42 Å². The summed E-state index contributed by atoms with van der Waals surface area (Å²) in [5.41, 5.74) is 8.13. The highest BCUT2D eigenvalue weighted by Crippen LogP contribution is 2.57. The van der Waals surface area contributed by atoms with Gasteiger partial charge < -0.3 is 5.73 Å². The minimum Gasteiger partial charge on any atom is -0.330 e. The molecule has 0 aliphatic heterocycles. The fraction of sp³-hybridized carbons (Fsp3) is 0.474. The maximum atomic E-state index is 6.25. The number of benzene rings is 2. The molecule has 3 atom stereocenters. The minimum absolute atomic E-state index is 0.382. The highest BCUT2D eigenvalue weighted by Gasteiger charge is 2.49. The van der Waals surface area contributed by atoms with E-state index in [2.05, 4.69) is 42.5 Å². The molecule has 1 nitrogen and oxygen atoms in total. The highest BCUT2D eigenvalue weighted by atomic mass is 14.7. The van der Waals surface area contributed by atoms with Crippen LogP contribution >= 0.6 is 0 Å². The molecule has 2 aliphatic rings. The van der Waals surface area contributed by atoms with Crippen LogP contribution in [0.15, 0.2) is 42.5 Å². The third-order valence-corrected chi connectivity index (χ3v) is 5.93. The van der Waals surface area contributed by atoms with Gasteiger partial charge in [-0.1, -0.05) is 48.9 Å². The standard InChI is InChI=1S/C19H23N/c20-13-19(11-14-8-9-17(19)10-14)12-16-6-3-5-15-4-1-2-7-18(15)16/h1-7,14,17H,8-13,20H2. The maximum Gasteiger partial charge on any atom is -0.00146 e. The Kier molecular flexibility index (Phi) is 2.85. The summed E-state index contributed by atoms with van der Waals surface area (Å²) in [5, 5.41) is 2.78. The molecular formula is C19H23N. The van der Waals surface area contributed by atoms with E-state index in [1.54, 1.807) is 0 Å². The van der Waals surface area contributed by atoms with Gasteiger partial charge in [-0.05, 0) is 65.8 Å². The Bertz CT molecular complexity index is 627. The molecule has 3 unspecified atom stereocenters. The summed E-state index contributed by atoms with van der Waals surface area (Å²) in [6.07, 6.45) is 6.82. The van der Waals surface area contributed by atoms with E-state index in [9.17, 15) is 0 Å². The second-order valence-corrected chi connectivity index (χ2v) is 6.96. The van der Waals surface area contributed by atoms with E-state index in [0.29, 0.717) is 5.41 Å². The van der Waals surface area contributed by atoms with E-state index in [0.717, 1.165) is 18.4 Å². The molecule has 0 radical (unpaired) electrons. The smallest absolute Gasteiger partial charge is 0.00146 e. The molecule has 4 rings (SSSR count). The maximum absolute atomic E-state index is 6.25. The Labute approximate surface area is 121 Å². The van der Waals surface area contributed by atoms with Gasteiger partial charge in [0.25, 0.3) is 0 Å². The van der Waals surface area contributed by atoms with Crippen LogP contribution in [0.5, 0.6) is 0 Å². The van der Waals surface area contributed by atoms with Gasteiger partial charge in [0, 0.05) is 0 Å². The van der Waals surface area contributed by atoms with Crippen molar-refractivity contribution < 1.29 is 0 Å². The summed E-state index contributed by atoms with van der Waals surface area (Å²) in [6, 6.07) is 15.5. The second kappa shape index (κ2) is 4.60. The summed E-state index contributed by atoms with van der Waals surface area (Å²) in [5.74, 6) is 1.83. The molecule has 2 fully saturated rings. The molecule has 2 bridgehead atoms. The zero-order valence-electron chi connectivity index (χ0n) is 12.0. The molecule has 2 saturated carbocycles. The van der Waals surface area contributed by atoms with Gasteiger partial charge in [0.15, 0.2) is 0 Å². The summed E-state index contributed by atoms with van der Waals surface area (Å²) in [4.78, 5) is 0. The average Bonchev–Trinajstić information content (AvgIpc) is 3.09. The molecule has 1 heteroatoms. The van der Waals surface area contributed by atoms with E-state index in [1.807, 2.05) is 0 Å². The predicted molar refractivity (Wildman–Crippen MR) is 84.6 cm³/mol. The molecule has 0 saturated heterocycles. The largest absolute Gasteiger partial charge is 0.330 e. The SMILES string of the molecule is NCC1(Cc2cccc3ccccc23)CC2CCC1C2. The number of hydrogen-bond acceptors (Lipinski definition) is 1. The average molecular weight is 265 g/mol. The zero-order chi connectivity index (χ0) is 13.6. The van der Waals surface area contributed by atoms with Crippen LogP contribution in [0.4, 0.5) is 0 Å². The van der Waals surface area contributed by atoms with Crippen LogP contribution < -0.4 is 5.73 Å². The van der Waals surface area contributed by atoms with Gasteiger partial charge in [0.05, 0.1) is 0 Å². The van der Waals surface area contributed by atoms with Crippen molar-refractivity contribution in [1.82, 2.24) is 0 Å². The molecule has 2 aromatic rings. The topological polar surface area (TPSA) is 26.0 Å². The fourth-order valence-corrected chi connectivity index (χ4v) is 4.92. The van der Waals surface area contributed by atoms with Crippen molar-refractivity contribution in [2.45, 2.75) is 32.1 Å². The lowest BCUT2D eigenvalue weighted by molar-refractivity contribution is 0.172. The van der Waals surface area contributed by atoms with Crippen LogP contribution in [0, 0.1) is 17.3 Å². The Hall–Kier alpha value is -1.34. The van der Waals surface area contributed by atoms with Crippen molar-refractivity contribution in [3.63, 3.8) is 0 Å². The molecule has 2 aliphatic carbocycles. The molecule has 0 amide bonds. The Morgan fingerprint density at radius 2 is 1.90 bits per heavy atom. The van der Waals surface area contributed by atoms with E-state index >= 15 is 0 Å². The molecule has 2 N–H and O–H groups in total. The summed E-state index contributed by atoms with van der Waals surface area (Å²) < 4.78 is 0. The highest BCUT2D eigenvalue weighted by molar-refractivity contribution is 5.85. The molecule has 0 aromatic heterocycles. The van der Waals surface area contributed by atoms with Crippen LogP contribution in [0.2, 0.25) is 0 Å². The molecule has 0 heterocycles. The molecule has 104 valence electrons. The van der Waals surface area contributed by atoms with Crippen molar-refractivity contribution >= 4 is 10.8 Å². The van der Waals surface area contributed by atoms with Crippen LogP contribution in [0.25, 0.3) is 10.8 Å². The van der Waals surface area contributed by atoms with Gasteiger partial charge >= 0.3 is 0 Å². The quantitative estimate of drug-likeness (QED) is 0.886. The summed E-state index contributed by atoms with van der Waals surface area (Å²) >= 11 is 0. The third-order valence-electron chi connectivity index (χ3n) is 5.93. The van der Waals surface area contributed by atoms with Crippen molar-refractivity contribution in [3.05, 3.63) is 48.0 Å². The number of fused-ring (bicyclic) bond motifs is 3. The summed E-state index contributed by atoms with van der Waals surface area (Å²) in [7, 11) is 0. The van der Waals surface area contributed by atoms with Crippen LogP contribution in [0.3, 0.4) is 0 Å². The Balaban J connectivity index is 1.73. The van der Waals surface area contributed by atoms with Crippen molar-refractivity contribution in [1.29, 1.82) is 0 Å². The number of rotatable bonds is 3. The van der Waals surface area contributed by atoms with Gasteiger partial charge in [0.1, 0.15) is 0 Å². The monoisotopic (exact) mass is 265 g/mol. The molecule has 0 spiro atoms. The van der Waals surface area contributed by atoms with Crippen LogP contribution in [-0.4, -0.2) is 6.54 Å². The first-order valence-electron chi connectivity index (χ1n) is 7.97. The van der Waals surface area contributed by atoms with Gasteiger partial charge in [-0.25, -0.2) is 0 Å². The fourth-order valence-electron chi connectivity index (χ4n) is 4.92. The van der Waals surface area contributed by atoms with Crippen LogP contribution in [0.1, 0.15) is 31.2 Å². The Morgan fingerprint density at radius 1 is 1.05 bits per heavy atom. The van der Waals surface area contributed by atoms with Crippen molar-refractivity contribution in [2.75, 3.05) is 6.54 Å². The van der Waals surface area contributed by atoms with Crippen molar-refractivity contribution in [2.24, 2.45) is 23.0 Å². The van der Waals surface area contributed by atoms with Crippen molar-refractivity contribution in [3.8, 4) is 0 Å². The molecule has 20 heavy (non-hydrogen) atoms. The zero-order valence-corrected chi connectivity index (χ0v) is 12.0. The first-order chi connectivity index (χ1) is 9.81. The summed E-state index contributed by atoms with van der Waals surface area (Å²) in [6.45, 7) is 0.859. The lowest BCUT2D eigenvalue weighted by Gasteiger charge is -2.37. The number of nitrogens with two attached hydrogens (primary N) is 1. The Morgan fingerprint density at radius 3 is 2.65 bits per heavy atom. The van der Waals surface area contributed by atoms with Gasteiger partial charge in [-0.15, -0.1) is 0 Å². The normalized spacial score (nSPS) is 32.0. The predicted octanol–water partition coefficient (Wildman–Crippen LogP) is 4.15. The van der Waals surface area contributed by atoms with Gasteiger partial charge in [-0.2, -0.15) is 0 Å². The van der Waals surface area contributed by atoms with E-state index in [-0.39, 0.29) is 0 Å². The first-order valence-corrected chi connectivity index (χ1v) is 7.97. The van der Waals surface area contributed by atoms with E-state index < -0.39 is 0 Å². The van der Waals surface area contributed by atoms with Gasteiger partial charge in [-0.3, -0.25) is 0 Å². The molecular weight excluding hydrogens is 242 g/mol. The third kappa shape index (κ3) is 1.80. The lowest BCUT2D eigenvalue weighted by atomic mass is 9.69. The van der Waals surface area contributed by atoms with E-state index in [4.69, 9.17) is 5.73 Å². The van der Waals surface area contributed by atoms with Gasteiger partial charge in [0.2, 0.25) is 0 Å². The lowest BCUT2D eigenvalue weighted by Crippen LogP contribution is -2.37. The molecule has 2 aromatic carbocycles. The number of hydrogen-bond donors (Lipinski definition) is 1. The van der Waals surface area contributed by atoms with E-state index in [1.165, 1.54) is 48.4 Å². The second-order valence-electron chi connectivity index (χ2n) is 6.96.